The van der Waals surface area contributed by atoms with Crippen molar-refractivity contribution in [2.75, 3.05) is 0 Å². The summed E-state index contributed by atoms with van der Waals surface area (Å²) in [5, 5.41) is 0. The van der Waals surface area contributed by atoms with Crippen molar-refractivity contribution in [1.82, 2.24) is 0 Å². The monoisotopic (exact) mass is 198 g/mol. The Bertz CT molecular complexity index is 361. The van der Waals surface area contributed by atoms with Crippen LogP contribution in [0.5, 0.6) is 0 Å². The summed E-state index contributed by atoms with van der Waals surface area (Å²) in [7, 11) is 0. The van der Waals surface area contributed by atoms with Crippen LogP contribution in [0.4, 0.5) is 0 Å². The van der Waals surface area contributed by atoms with Crippen LogP contribution in [-0.4, -0.2) is 0 Å². The van der Waals surface area contributed by atoms with E-state index in [1.54, 1.807) is 11.1 Å². The fraction of sp³-hybridized carbons (Fsp3) is 0.467. The molecule has 2 aliphatic rings. The third kappa shape index (κ3) is 1.62. The molecule has 1 fully saturated rings. The molecule has 0 radical (unpaired) electrons. The summed E-state index contributed by atoms with van der Waals surface area (Å²) in [6, 6.07) is 11.1. The molecule has 2 atom stereocenters. The molecule has 0 saturated heterocycles. The van der Waals surface area contributed by atoms with Crippen LogP contribution in [0.2, 0.25) is 0 Å². The van der Waals surface area contributed by atoms with Crippen LogP contribution in [0.1, 0.15) is 43.6 Å². The second kappa shape index (κ2) is 3.84. The molecule has 0 N–H and O–H groups in total. The molecule has 0 spiro atoms. The van der Waals surface area contributed by atoms with Crippen LogP contribution in [0.15, 0.2) is 42.0 Å². The molecular formula is C15H18. The molecule has 2 aliphatic carbocycles. The van der Waals surface area contributed by atoms with Crippen molar-refractivity contribution in [2.45, 2.75) is 38.0 Å². The summed E-state index contributed by atoms with van der Waals surface area (Å²) in [6.07, 6.45) is 9.44. The normalized spacial score (nSPS) is 29.7. The molecule has 0 heterocycles. The zero-order valence-corrected chi connectivity index (χ0v) is 9.15. The molecule has 0 nitrogen and oxygen atoms in total. The Morgan fingerprint density at radius 1 is 0.933 bits per heavy atom. The van der Waals surface area contributed by atoms with E-state index in [-0.39, 0.29) is 0 Å². The Labute approximate surface area is 92.0 Å². The largest absolute Gasteiger partial charge is 0.0844 e. The summed E-state index contributed by atoms with van der Waals surface area (Å²) >= 11 is 0. The van der Waals surface area contributed by atoms with Crippen molar-refractivity contribution >= 4 is 0 Å². The highest BCUT2D eigenvalue weighted by Crippen LogP contribution is 2.46. The van der Waals surface area contributed by atoms with E-state index in [9.17, 15) is 0 Å². The van der Waals surface area contributed by atoms with E-state index in [2.05, 4.69) is 36.4 Å². The summed E-state index contributed by atoms with van der Waals surface area (Å²) in [5.74, 6) is 1.67. The van der Waals surface area contributed by atoms with Crippen LogP contribution >= 0.6 is 0 Å². The van der Waals surface area contributed by atoms with Gasteiger partial charge in [0.25, 0.3) is 0 Å². The molecule has 15 heavy (non-hydrogen) atoms. The number of benzene rings is 1. The van der Waals surface area contributed by atoms with Crippen LogP contribution in [-0.2, 0) is 0 Å². The van der Waals surface area contributed by atoms with E-state index in [0.717, 1.165) is 11.8 Å². The van der Waals surface area contributed by atoms with Crippen molar-refractivity contribution in [3.8, 4) is 0 Å². The Kier molecular flexibility index (Phi) is 2.36. The van der Waals surface area contributed by atoms with Gasteiger partial charge in [-0.15, -0.1) is 0 Å². The highest BCUT2D eigenvalue weighted by Gasteiger charge is 2.31. The van der Waals surface area contributed by atoms with E-state index >= 15 is 0 Å². The summed E-state index contributed by atoms with van der Waals surface area (Å²) in [5.41, 5.74) is 3.31. The zero-order valence-electron chi connectivity index (χ0n) is 9.15. The average Bonchev–Trinajstić information content (AvgIpc) is 2.74. The number of fused-ring (bicyclic) bond motifs is 1. The van der Waals surface area contributed by atoms with Crippen molar-refractivity contribution < 1.29 is 0 Å². The predicted molar refractivity (Wildman–Crippen MR) is 63.8 cm³/mol. The highest BCUT2D eigenvalue weighted by atomic mass is 14.4. The molecule has 0 aromatic heterocycles. The van der Waals surface area contributed by atoms with Crippen molar-refractivity contribution in [1.29, 1.82) is 0 Å². The van der Waals surface area contributed by atoms with Crippen molar-refractivity contribution in [3.63, 3.8) is 0 Å². The maximum absolute atomic E-state index is 2.52. The van der Waals surface area contributed by atoms with Gasteiger partial charge in [-0.3, -0.25) is 0 Å². The van der Waals surface area contributed by atoms with Crippen LogP contribution in [0.25, 0.3) is 0 Å². The molecule has 78 valence electrons. The standard InChI is InChI=1S/C15H18/c1-2-6-12(7-3-1)15-11-10-13-8-4-5-9-14(13)15/h1-3,6-7,10,14-15H,4-5,8-9,11H2/t14-,15+/m0/s1. The quantitative estimate of drug-likeness (QED) is 0.590. The first-order valence-corrected chi connectivity index (χ1v) is 6.19. The summed E-state index contributed by atoms with van der Waals surface area (Å²) < 4.78 is 0. The third-order valence-electron chi connectivity index (χ3n) is 4.05. The van der Waals surface area contributed by atoms with E-state index in [1.807, 2.05) is 0 Å². The SMILES string of the molecule is C1=C2CCCC[C@@H]2[C@@H](c2ccccc2)C1. The first kappa shape index (κ1) is 9.21. The Morgan fingerprint density at radius 3 is 2.67 bits per heavy atom. The minimum atomic E-state index is 0.793. The third-order valence-corrected chi connectivity index (χ3v) is 4.05. The van der Waals surface area contributed by atoms with Crippen molar-refractivity contribution in [3.05, 3.63) is 47.5 Å². The number of hydrogen-bond acceptors (Lipinski definition) is 0. The minimum absolute atomic E-state index is 0.793. The molecule has 1 aromatic carbocycles. The molecule has 0 heteroatoms. The average molecular weight is 198 g/mol. The van der Waals surface area contributed by atoms with Gasteiger partial charge in [-0.25, -0.2) is 0 Å². The molecule has 1 aromatic rings. The number of rotatable bonds is 1. The smallest absolute Gasteiger partial charge is 0.00617 e. The Hall–Kier alpha value is -1.04. The molecule has 0 amide bonds. The van der Waals surface area contributed by atoms with E-state index in [1.165, 1.54) is 32.1 Å². The van der Waals surface area contributed by atoms with Crippen LogP contribution in [0, 0.1) is 5.92 Å². The molecule has 1 saturated carbocycles. The molecule has 0 unspecified atom stereocenters. The topological polar surface area (TPSA) is 0 Å². The van der Waals surface area contributed by atoms with Crippen LogP contribution in [0.3, 0.4) is 0 Å². The van der Waals surface area contributed by atoms with Gasteiger partial charge in [0, 0.05) is 0 Å². The molecule has 3 rings (SSSR count). The maximum atomic E-state index is 2.52. The van der Waals surface area contributed by atoms with Gasteiger partial charge < -0.3 is 0 Å². The summed E-state index contributed by atoms with van der Waals surface area (Å²) in [6.45, 7) is 0. The number of hydrogen-bond donors (Lipinski definition) is 0. The first-order valence-electron chi connectivity index (χ1n) is 6.19. The summed E-state index contributed by atoms with van der Waals surface area (Å²) in [4.78, 5) is 0. The minimum Gasteiger partial charge on any atom is -0.0844 e. The lowest BCUT2D eigenvalue weighted by molar-refractivity contribution is 0.413. The van der Waals surface area contributed by atoms with Gasteiger partial charge in [0.1, 0.15) is 0 Å². The van der Waals surface area contributed by atoms with Gasteiger partial charge in [-0.05, 0) is 43.1 Å². The van der Waals surface area contributed by atoms with Gasteiger partial charge in [-0.1, -0.05) is 48.4 Å². The van der Waals surface area contributed by atoms with E-state index in [0.29, 0.717) is 0 Å². The Morgan fingerprint density at radius 2 is 1.80 bits per heavy atom. The highest BCUT2D eigenvalue weighted by molar-refractivity contribution is 5.30. The lowest BCUT2D eigenvalue weighted by atomic mass is 9.78. The fourth-order valence-electron chi connectivity index (χ4n) is 3.29. The van der Waals surface area contributed by atoms with Gasteiger partial charge >= 0.3 is 0 Å². The Balaban J connectivity index is 1.85. The second-order valence-corrected chi connectivity index (χ2v) is 4.88. The predicted octanol–water partition coefficient (Wildman–Crippen LogP) is 4.29. The molecule has 0 bridgehead atoms. The first-order chi connectivity index (χ1) is 7.45. The van der Waals surface area contributed by atoms with Gasteiger partial charge in [-0.2, -0.15) is 0 Å². The molecule has 0 aliphatic heterocycles. The van der Waals surface area contributed by atoms with E-state index < -0.39 is 0 Å². The molecular weight excluding hydrogens is 180 g/mol. The fourth-order valence-corrected chi connectivity index (χ4v) is 3.29. The lowest BCUT2D eigenvalue weighted by Crippen LogP contribution is -2.13. The maximum Gasteiger partial charge on any atom is -0.00617 e. The van der Waals surface area contributed by atoms with Crippen LogP contribution < -0.4 is 0 Å². The van der Waals surface area contributed by atoms with Crippen molar-refractivity contribution in [2.24, 2.45) is 5.92 Å². The lowest BCUT2D eigenvalue weighted by Gasteiger charge is -2.27. The number of allylic oxidation sites excluding steroid dienone is 2. The zero-order chi connectivity index (χ0) is 10.1. The van der Waals surface area contributed by atoms with Gasteiger partial charge in [0.05, 0.1) is 0 Å². The van der Waals surface area contributed by atoms with Gasteiger partial charge in [0.2, 0.25) is 0 Å². The van der Waals surface area contributed by atoms with Gasteiger partial charge in [0.15, 0.2) is 0 Å². The van der Waals surface area contributed by atoms with E-state index in [4.69, 9.17) is 0 Å². The second-order valence-electron chi connectivity index (χ2n) is 4.88.